The molecule has 5 heteroatoms. The van der Waals surface area contributed by atoms with Crippen LogP contribution in [0.3, 0.4) is 0 Å². The van der Waals surface area contributed by atoms with Crippen LogP contribution in [0.25, 0.3) is 5.70 Å². The van der Waals surface area contributed by atoms with E-state index in [1.165, 1.54) is 0 Å². The number of aliphatic imine (C=N–C) groups is 2. The number of hydrogen-bond donors (Lipinski definition) is 0. The average molecular weight is 263 g/mol. The molecule has 18 heavy (non-hydrogen) atoms. The first-order chi connectivity index (χ1) is 8.76. The van der Waals surface area contributed by atoms with Crippen LogP contribution in [0.1, 0.15) is 12.6 Å². The topological polar surface area (TPSA) is 46.8 Å². The number of ether oxygens (including phenoxy) is 1. The van der Waals surface area contributed by atoms with Crippen LogP contribution in [0.2, 0.25) is 0 Å². The molecular weight excluding hydrogens is 246 g/mol. The summed E-state index contributed by atoms with van der Waals surface area (Å²) >= 11 is 1.72. The van der Waals surface area contributed by atoms with Crippen molar-refractivity contribution in [2.45, 2.75) is 11.8 Å². The van der Waals surface area contributed by atoms with Gasteiger partial charge < -0.3 is 4.74 Å². The lowest BCUT2D eigenvalue weighted by molar-refractivity contribution is 0.406. The molecular formula is C13H17N3OS. The molecule has 0 bridgehead atoms. The van der Waals surface area contributed by atoms with Gasteiger partial charge in [0, 0.05) is 24.2 Å². The molecule has 0 saturated heterocycles. The summed E-state index contributed by atoms with van der Waals surface area (Å²) in [5.74, 6) is 1.47. The van der Waals surface area contributed by atoms with Gasteiger partial charge >= 0.3 is 0 Å². The molecule has 1 rings (SSSR count). The number of thioether (sulfide) groups is 1. The molecule has 0 spiro atoms. The molecule has 0 aliphatic carbocycles. The number of pyridine rings is 1. The predicted octanol–water partition coefficient (Wildman–Crippen LogP) is 2.91. The summed E-state index contributed by atoms with van der Waals surface area (Å²) in [6.45, 7) is 5.68. The number of nitrogens with zero attached hydrogens (tertiary/aromatic N) is 3. The first-order valence-electron chi connectivity index (χ1n) is 5.54. The van der Waals surface area contributed by atoms with E-state index in [9.17, 15) is 0 Å². The third kappa shape index (κ3) is 3.70. The first-order valence-corrected chi connectivity index (χ1v) is 6.52. The molecule has 0 aromatic carbocycles. The van der Waals surface area contributed by atoms with Crippen LogP contribution in [0.15, 0.2) is 39.3 Å². The zero-order chi connectivity index (χ0) is 13.4. The highest BCUT2D eigenvalue weighted by Crippen LogP contribution is 2.26. The Morgan fingerprint density at radius 1 is 1.61 bits per heavy atom. The van der Waals surface area contributed by atoms with E-state index in [-0.39, 0.29) is 0 Å². The smallest absolute Gasteiger partial charge is 0.210 e. The van der Waals surface area contributed by atoms with Crippen LogP contribution in [0.4, 0.5) is 0 Å². The van der Waals surface area contributed by atoms with E-state index in [4.69, 9.17) is 4.74 Å². The van der Waals surface area contributed by atoms with E-state index in [1.54, 1.807) is 38.2 Å². The van der Waals surface area contributed by atoms with Crippen molar-refractivity contribution in [2.75, 3.05) is 19.9 Å². The summed E-state index contributed by atoms with van der Waals surface area (Å²) in [6, 6.07) is 3.93. The Labute approximate surface area is 112 Å². The fourth-order valence-corrected chi connectivity index (χ4v) is 2.16. The molecule has 0 aliphatic heterocycles. The van der Waals surface area contributed by atoms with Crippen molar-refractivity contribution >= 4 is 30.1 Å². The van der Waals surface area contributed by atoms with Gasteiger partial charge in [-0.3, -0.25) is 15.0 Å². The minimum Gasteiger partial charge on any atom is -0.481 e. The van der Waals surface area contributed by atoms with Gasteiger partial charge in [-0.15, -0.1) is 11.8 Å². The van der Waals surface area contributed by atoms with E-state index in [0.717, 1.165) is 16.3 Å². The maximum absolute atomic E-state index is 5.10. The Morgan fingerprint density at radius 3 is 2.94 bits per heavy atom. The lowest BCUT2D eigenvalue weighted by Gasteiger charge is -2.07. The van der Waals surface area contributed by atoms with Gasteiger partial charge in [0.1, 0.15) is 5.69 Å². The van der Waals surface area contributed by atoms with Crippen LogP contribution in [-0.4, -0.2) is 37.5 Å². The predicted molar refractivity (Wildman–Crippen MR) is 78.5 cm³/mol. The Bertz CT molecular complexity index is 469. The third-order valence-corrected chi connectivity index (χ3v) is 3.10. The largest absolute Gasteiger partial charge is 0.481 e. The minimum absolute atomic E-state index is 0.496. The average Bonchev–Trinajstić information content (AvgIpc) is 2.42. The Morgan fingerprint density at radius 2 is 2.39 bits per heavy atom. The van der Waals surface area contributed by atoms with Gasteiger partial charge in [0.2, 0.25) is 5.90 Å². The van der Waals surface area contributed by atoms with Crippen LogP contribution in [0, 0.1) is 0 Å². The summed E-state index contributed by atoms with van der Waals surface area (Å²) in [4.78, 5) is 13.4. The molecule has 0 radical (unpaired) electrons. The first kappa shape index (κ1) is 14.4. The molecule has 1 aromatic rings. The number of rotatable bonds is 5. The summed E-state index contributed by atoms with van der Waals surface area (Å²) in [5.41, 5.74) is 1.46. The van der Waals surface area contributed by atoms with Gasteiger partial charge in [-0.05, 0) is 24.6 Å². The molecule has 4 nitrogen and oxygen atoms in total. The van der Waals surface area contributed by atoms with E-state index in [1.807, 2.05) is 12.1 Å². The second-order valence-electron chi connectivity index (χ2n) is 3.24. The van der Waals surface area contributed by atoms with Gasteiger partial charge in [0.25, 0.3) is 0 Å². The van der Waals surface area contributed by atoms with Crippen molar-refractivity contribution in [3.05, 3.63) is 30.1 Å². The Hall–Kier alpha value is -1.62. The normalized spacial score (nSPS) is 12.4. The highest BCUT2D eigenvalue weighted by molar-refractivity contribution is 7.99. The molecule has 0 saturated carbocycles. The molecule has 1 heterocycles. The van der Waals surface area contributed by atoms with E-state index in [0.29, 0.717) is 11.6 Å². The number of methoxy groups -OCH3 is 1. The number of aromatic nitrogens is 1. The van der Waals surface area contributed by atoms with Gasteiger partial charge in [0.15, 0.2) is 0 Å². The van der Waals surface area contributed by atoms with Crippen molar-refractivity contribution in [2.24, 2.45) is 9.98 Å². The molecule has 0 amide bonds. The molecule has 96 valence electrons. The molecule has 0 N–H and O–H groups in total. The van der Waals surface area contributed by atoms with E-state index < -0.39 is 0 Å². The molecule has 0 atom stereocenters. The standard InChI is InChI=1S/C13H17N3OS/c1-5-18-11-7-6-8-16-13(11)10(14-2)9-12(15-3)17-4/h6-9H,2,5H2,1,3-4H3/b10-9-,15-12?. The van der Waals surface area contributed by atoms with Crippen LogP contribution < -0.4 is 0 Å². The van der Waals surface area contributed by atoms with Gasteiger partial charge in [-0.25, -0.2) is 0 Å². The Balaban J connectivity index is 3.20. The summed E-state index contributed by atoms with van der Waals surface area (Å²) in [7, 11) is 3.23. The molecule has 0 unspecified atom stereocenters. The quantitative estimate of drug-likeness (QED) is 0.466. The van der Waals surface area contributed by atoms with Crippen LogP contribution >= 0.6 is 11.8 Å². The fraction of sp³-hybridized carbons (Fsp3) is 0.308. The highest BCUT2D eigenvalue weighted by atomic mass is 32.2. The second-order valence-corrected chi connectivity index (χ2v) is 4.54. The van der Waals surface area contributed by atoms with E-state index in [2.05, 4.69) is 28.6 Å². The number of hydrogen-bond acceptors (Lipinski definition) is 5. The minimum atomic E-state index is 0.496. The lowest BCUT2D eigenvalue weighted by atomic mass is 10.2. The molecule has 1 aromatic heterocycles. The van der Waals surface area contributed by atoms with Crippen molar-refractivity contribution in [3.8, 4) is 0 Å². The zero-order valence-corrected chi connectivity index (χ0v) is 11.7. The molecule has 0 aliphatic rings. The Kier molecular flexibility index (Phi) is 6.14. The molecule has 0 fully saturated rings. The van der Waals surface area contributed by atoms with Gasteiger partial charge in [-0.1, -0.05) is 6.92 Å². The van der Waals surface area contributed by atoms with Crippen molar-refractivity contribution < 1.29 is 4.74 Å². The maximum Gasteiger partial charge on any atom is 0.210 e. The fourth-order valence-electron chi connectivity index (χ4n) is 1.38. The van der Waals surface area contributed by atoms with Gasteiger partial charge in [0.05, 0.1) is 12.8 Å². The summed E-state index contributed by atoms with van der Waals surface area (Å²) in [6.07, 6.45) is 3.47. The second kappa shape index (κ2) is 7.66. The van der Waals surface area contributed by atoms with Crippen molar-refractivity contribution in [1.29, 1.82) is 0 Å². The summed E-state index contributed by atoms with van der Waals surface area (Å²) in [5, 5.41) is 0. The van der Waals surface area contributed by atoms with Crippen LogP contribution in [0.5, 0.6) is 0 Å². The SMILES string of the molecule is C=N/C(=C\C(=NC)OC)c1ncccc1SCC. The highest BCUT2D eigenvalue weighted by Gasteiger charge is 2.09. The van der Waals surface area contributed by atoms with Gasteiger partial charge in [-0.2, -0.15) is 0 Å². The zero-order valence-electron chi connectivity index (χ0n) is 10.9. The summed E-state index contributed by atoms with van der Waals surface area (Å²) < 4.78 is 5.10. The van der Waals surface area contributed by atoms with E-state index >= 15 is 0 Å². The maximum atomic E-state index is 5.10. The monoisotopic (exact) mass is 263 g/mol. The van der Waals surface area contributed by atoms with Crippen LogP contribution in [-0.2, 0) is 4.74 Å². The lowest BCUT2D eigenvalue weighted by Crippen LogP contribution is -1.99. The van der Waals surface area contributed by atoms with Crippen molar-refractivity contribution in [1.82, 2.24) is 4.98 Å². The third-order valence-electron chi connectivity index (χ3n) is 2.17. The van der Waals surface area contributed by atoms with Crippen molar-refractivity contribution in [3.63, 3.8) is 0 Å².